The predicted molar refractivity (Wildman–Crippen MR) is 205 cm³/mol. The third kappa shape index (κ3) is 8.45. The summed E-state index contributed by atoms with van der Waals surface area (Å²) in [6.45, 7) is 2.30. The molecule has 5 unspecified atom stereocenters. The lowest BCUT2D eigenvalue weighted by Gasteiger charge is -2.30. The van der Waals surface area contributed by atoms with E-state index in [1.165, 1.54) is 31.4 Å². The number of alkyl halides is 3. The summed E-state index contributed by atoms with van der Waals surface area (Å²) in [5.74, 6) is -6.40. The monoisotopic (exact) mass is 823 g/mol. The Kier molecular flexibility index (Phi) is 11.6. The zero-order valence-electron chi connectivity index (χ0n) is 31.0. The molecule has 1 saturated heterocycles. The Morgan fingerprint density at radius 2 is 1.67 bits per heavy atom. The maximum absolute atomic E-state index is 15.2. The van der Waals surface area contributed by atoms with Gasteiger partial charge in [0.1, 0.15) is 17.4 Å². The van der Waals surface area contributed by atoms with Crippen molar-refractivity contribution < 1.29 is 51.3 Å². The average Bonchev–Trinajstić information content (AvgIpc) is 3.89. The first-order chi connectivity index (χ1) is 27.6. The minimum Gasteiger partial charge on any atom is -0.496 e. The number of rotatable bonds is 11. The van der Waals surface area contributed by atoms with Crippen LogP contribution in [0, 0.1) is 35.3 Å². The van der Waals surface area contributed by atoms with Crippen LogP contribution in [-0.4, -0.2) is 59.1 Å². The lowest BCUT2D eigenvalue weighted by molar-refractivity contribution is -0.147. The molecule has 4 aromatic rings. The molecule has 0 spiro atoms. The highest BCUT2D eigenvalue weighted by Crippen LogP contribution is 2.54. The predicted octanol–water partition coefficient (Wildman–Crippen LogP) is 8.27. The number of nitrogens with zero attached hydrogens (tertiary/aromatic N) is 1. The van der Waals surface area contributed by atoms with Gasteiger partial charge in [-0.15, -0.1) is 0 Å². The number of methoxy groups -OCH3 is 1. The second-order valence-corrected chi connectivity index (χ2v) is 15.4. The summed E-state index contributed by atoms with van der Waals surface area (Å²) < 4.78 is 75.6. The fourth-order valence-corrected chi connectivity index (χ4v) is 8.82. The third-order valence-corrected chi connectivity index (χ3v) is 11.6. The van der Waals surface area contributed by atoms with Crippen LogP contribution in [0.4, 0.5) is 27.6 Å². The van der Waals surface area contributed by atoms with Crippen LogP contribution in [0.1, 0.15) is 52.4 Å². The van der Waals surface area contributed by atoms with Crippen molar-refractivity contribution in [2.45, 2.75) is 44.1 Å². The molecule has 0 aromatic heterocycles. The van der Waals surface area contributed by atoms with Crippen molar-refractivity contribution in [3.8, 4) is 16.9 Å². The van der Waals surface area contributed by atoms with Gasteiger partial charge in [0.25, 0.3) is 5.91 Å². The second kappa shape index (κ2) is 16.5. The van der Waals surface area contributed by atoms with Gasteiger partial charge in [-0.3, -0.25) is 14.5 Å². The molecule has 6 atom stereocenters. The van der Waals surface area contributed by atoms with Crippen LogP contribution < -0.4 is 15.4 Å². The Morgan fingerprint density at radius 1 is 0.948 bits per heavy atom. The van der Waals surface area contributed by atoms with Gasteiger partial charge < -0.3 is 25.6 Å². The maximum Gasteiger partial charge on any atom is 0.419 e. The average molecular weight is 824 g/mol. The number of likely N-dealkylation sites (tertiary alicyclic amines) is 1. The van der Waals surface area contributed by atoms with Gasteiger partial charge >= 0.3 is 12.1 Å². The van der Waals surface area contributed by atoms with E-state index in [4.69, 9.17) is 16.3 Å². The molecule has 304 valence electrons. The van der Waals surface area contributed by atoms with Crippen molar-refractivity contribution in [2.75, 3.05) is 25.5 Å². The Labute approximate surface area is 335 Å². The normalized spacial score (nSPS) is 22.9. The molecule has 0 radical (unpaired) electrons. The number of carbonyl (C=O) groups is 3. The van der Waals surface area contributed by atoms with Gasteiger partial charge in [0.05, 0.1) is 24.2 Å². The molecule has 15 heteroatoms. The molecule has 2 amide bonds. The van der Waals surface area contributed by atoms with Crippen molar-refractivity contribution in [2.24, 2.45) is 23.7 Å². The van der Waals surface area contributed by atoms with Crippen molar-refractivity contribution >= 4 is 35.1 Å². The Morgan fingerprint density at radius 3 is 2.38 bits per heavy atom. The number of aliphatic carboxylic acids is 1. The van der Waals surface area contributed by atoms with E-state index in [1.807, 2.05) is 24.3 Å². The first-order valence-electron chi connectivity index (χ1n) is 18.7. The van der Waals surface area contributed by atoms with E-state index in [0.29, 0.717) is 30.0 Å². The minimum atomic E-state index is -5.00. The van der Waals surface area contributed by atoms with E-state index < -0.39 is 59.2 Å². The highest BCUT2D eigenvalue weighted by molar-refractivity contribution is 6.30. The number of halogens is 6. The second-order valence-electron chi connectivity index (χ2n) is 15.0. The van der Waals surface area contributed by atoms with Crippen molar-refractivity contribution in [1.82, 2.24) is 10.2 Å². The summed E-state index contributed by atoms with van der Waals surface area (Å²) in [7, 11) is 1.33. The van der Waals surface area contributed by atoms with Gasteiger partial charge in [-0.1, -0.05) is 47.5 Å². The quantitative estimate of drug-likeness (QED) is 0.0886. The van der Waals surface area contributed by atoms with E-state index in [-0.39, 0.29) is 51.4 Å². The first kappa shape index (κ1) is 40.9. The van der Waals surface area contributed by atoms with Gasteiger partial charge in [-0.25, -0.2) is 13.6 Å². The minimum absolute atomic E-state index is 0.0296. The molecule has 7 rings (SSSR count). The summed E-state index contributed by atoms with van der Waals surface area (Å²) >= 11 is 6.06. The number of carboxylic acid groups (broad SMARTS) is 1. The summed E-state index contributed by atoms with van der Waals surface area (Å²) in [6, 6.07) is 16.6. The number of aliphatic hydroxyl groups is 1. The molecule has 1 aliphatic heterocycles. The largest absolute Gasteiger partial charge is 0.496 e. The van der Waals surface area contributed by atoms with Crippen LogP contribution in [0.15, 0.2) is 90.5 Å². The van der Waals surface area contributed by atoms with E-state index in [9.17, 15) is 42.2 Å². The fourth-order valence-electron chi connectivity index (χ4n) is 8.69. The molecule has 2 bridgehead atoms. The molecule has 2 aliphatic carbocycles. The standard InChI is InChI=1S/C43H39ClF5N3O6/c1-58-36-13-5-24(30-18-25(4-11-34(30)45)39(53)42(56)57)17-32(36)40(54)51-38-29-10-9-28(37(38)41(55)50-27-8-12-35(46)33(19-27)43(47,48)49)31(29)16-23-14-15-52(21-23)20-22-2-6-26(44)7-3-22/h2-8,11-13,16-19,23,28-29,37-39,53H,9-10,14-15,20-21H2,1H3,(H,50,55)(H,51,54)(H,56,57)/t23?,28?,29?,37-,38?,39?/m0/s1. The van der Waals surface area contributed by atoms with Crippen LogP contribution in [0.25, 0.3) is 11.1 Å². The molecule has 1 heterocycles. The molecule has 4 N–H and O–H groups in total. The number of carbonyl (C=O) groups excluding carboxylic acids is 2. The number of amides is 2. The van der Waals surface area contributed by atoms with E-state index >= 15 is 4.39 Å². The highest BCUT2D eigenvalue weighted by Gasteiger charge is 2.55. The molecular weight excluding hydrogens is 785 g/mol. The first-order valence-corrected chi connectivity index (χ1v) is 19.0. The summed E-state index contributed by atoms with van der Waals surface area (Å²) in [6.07, 6.45) is -2.67. The number of anilines is 1. The van der Waals surface area contributed by atoms with Crippen molar-refractivity contribution in [1.29, 1.82) is 0 Å². The summed E-state index contributed by atoms with van der Waals surface area (Å²) in [5, 5.41) is 25.6. The lowest BCUT2D eigenvalue weighted by Crippen LogP contribution is -2.48. The number of fused-ring (bicyclic) bond motifs is 2. The number of hydrogen-bond donors (Lipinski definition) is 4. The number of hydrogen-bond acceptors (Lipinski definition) is 6. The summed E-state index contributed by atoms with van der Waals surface area (Å²) in [5.41, 5.74) is 0.286. The zero-order valence-corrected chi connectivity index (χ0v) is 31.8. The molecule has 3 aliphatic rings. The van der Waals surface area contributed by atoms with E-state index in [0.717, 1.165) is 55.4 Å². The van der Waals surface area contributed by atoms with Crippen LogP contribution in [-0.2, 0) is 22.3 Å². The molecule has 4 aromatic carbocycles. The molecule has 58 heavy (non-hydrogen) atoms. The SMILES string of the molecule is COc1ccc(-c2cc(C(O)C(=O)O)ccc2F)cc1C(=O)NC1C2CCC(C2=CC2CCN(Cc3ccc(Cl)cc3)C2)[C@@H]1C(=O)Nc1ccc(F)c(C(F)(F)F)c1. The Bertz CT molecular complexity index is 2270. The topological polar surface area (TPSA) is 128 Å². The van der Waals surface area contributed by atoms with Crippen LogP contribution in [0.2, 0.25) is 5.02 Å². The van der Waals surface area contributed by atoms with Crippen molar-refractivity contribution in [3.63, 3.8) is 0 Å². The maximum atomic E-state index is 15.2. The number of carboxylic acids is 1. The number of ether oxygens (including phenoxy) is 1. The number of aliphatic hydroxyl groups excluding tert-OH is 1. The molecule has 2 saturated carbocycles. The number of nitrogens with one attached hydrogen (secondary N) is 2. The van der Waals surface area contributed by atoms with Crippen molar-refractivity contribution in [3.05, 3.63) is 129 Å². The van der Waals surface area contributed by atoms with Gasteiger partial charge in [-0.2, -0.15) is 13.2 Å². The summed E-state index contributed by atoms with van der Waals surface area (Å²) in [4.78, 5) is 42.2. The van der Waals surface area contributed by atoms with Crippen LogP contribution >= 0.6 is 11.6 Å². The molecule has 9 nitrogen and oxygen atoms in total. The van der Waals surface area contributed by atoms with Crippen LogP contribution in [0.5, 0.6) is 5.75 Å². The van der Waals surface area contributed by atoms with Gasteiger partial charge in [0.15, 0.2) is 6.10 Å². The molecule has 3 fully saturated rings. The van der Waals surface area contributed by atoms with Gasteiger partial charge in [0, 0.05) is 41.3 Å². The third-order valence-electron chi connectivity index (χ3n) is 11.4. The Hall–Kier alpha value is -5.31. The number of benzene rings is 4. The fraction of sp³-hybridized carbons (Fsp3) is 0.326. The lowest BCUT2D eigenvalue weighted by atomic mass is 9.83. The van der Waals surface area contributed by atoms with E-state index in [2.05, 4.69) is 21.6 Å². The molecular formula is C43H39ClF5N3O6. The zero-order chi connectivity index (χ0) is 41.5. The van der Waals surface area contributed by atoms with Gasteiger partial charge in [-0.05, 0) is 109 Å². The van der Waals surface area contributed by atoms with E-state index in [1.54, 1.807) is 0 Å². The van der Waals surface area contributed by atoms with Gasteiger partial charge in [0.2, 0.25) is 5.91 Å². The smallest absolute Gasteiger partial charge is 0.419 e. The Balaban J connectivity index is 1.19. The van der Waals surface area contributed by atoms with Crippen LogP contribution in [0.3, 0.4) is 0 Å². The highest BCUT2D eigenvalue weighted by atomic mass is 35.5.